The summed E-state index contributed by atoms with van der Waals surface area (Å²) in [6.07, 6.45) is -1.84. The van der Waals surface area contributed by atoms with Crippen LogP contribution in [0.5, 0.6) is 11.5 Å². The van der Waals surface area contributed by atoms with Gasteiger partial charge in [-0.05, 0) is 85.7 Å². The highest BCUT2D eigenvalue weighted by molar-refractivity contribution is 6.18. The maximum absolute atomic E-state index is 14.2. The maximum Gasteiger partial charge on any atom is 0.328 e. The van der Waals surface area contributed by atoms with Crippen LogP contribution in [0.2, 0.25) is 0 Å². The first-order valence-electron chi connectivity index (χ1n) is 20.6. The number of amides is 4. The summed E-state index contributed by atoms with van der Waals surface area (Å²) in [4.78, 5) is 93.6. The predicted molar refractivity (Wildman–Crippen MR) is 238 cm³/mol. The molecule has 0 aromatic heterocycles. The topological polar surface area (TPSA) is 287 Å². The lowest BCUT2D eigenvalue weighted by atomic mass is 10.0. The second-order valence-electron chi connectivity index (χ2n) is 14.8. The molecule has 348 valence electrons. The molecule has 10 N–H and O–H groups in total. The molecule has 0 heterocycles. The number of hydrogen-bond acceptors (Lipinski definition) is 12. The van der Waals surface area contributed by atoms with Gasteiger partial charge in [0.2, 0.25) is 23.6 Å². The number of nitrogens with two attached hydrogens (primary N) is 1. The smallest absolute Gasteiger partial charge is 0.328 e. The second-order valence-corrected chi connectivity index (χ2v) is 15.6. The summed E-state index contributed by atoms with van der Waals surface area (Å²) in [5, 5.41) is 48.5. The van der Waals surface area contributed by atoms with Crippen molar-refractivity contribution in [2.75, 3.05) is 36.4 Å². The van der Waals surface area contributed by atoms with Crippen molar-refractivity contribution >= 4 is 70.4 Å². The zero-order valence-electron chi connectivity index (χ0n) is 35.3. The third kappa shape index (κ3) is 18.3. The van der Waals surface area contributed by atoms with E-state index in [1.54, 1.807) is 31.2 Å². The average Bonchev–Trinajstić information content (AvgIpc) is 3.25. The number of aliphatic carboxylic acids is 2. The summed E-state index contributed by atoms with van der Waals surface area (Å²) in [6.45, 7) is 2.65. The van der Waals surface area contributed by atoms with Crippen molar-refractivity contribution in [2.45, 2.75) is 88.5 Å². The van der Waals surface area contributed by atoms with Gasteiger partial charge in [-0.15, -0.1) is 23.2 Å². The second kappa shape index (κ2) is 27.2. The number of phenols is 2. The van der Waals surface area contributed by atoms with Gasteiger partial charge >= 0.3 is 17.9 Å². The molecule has 0 saturated carbocycles. The van der Waals surface area contributed by atoms with Crippen molar-refractivity contribution < 1.29 is 58.7 Å². The fraction of sp³-hybridized carbons (Fsp3) is 0.432. The number of phenolic OH excluding ortho intramolecular Hbond substituents is 2. The van der Waals surface area contributed by atoms with Gasteiger partial charge in [-0.25, -0.2) is 4.79 Å². The number of benzene rings is 3. The van der Waals surface area contributed by atoms with Crippen molar-refractivity contribution in [3.63, 3.8) is 0 Å². The molecular weight excluding hydrogens is 875 g/mol. The standard InChI is InChI=1S/C44H56Cl2N6O12/c1-2-64-44(63)37(26-28-6-12-30(13-7-28)52(22-20-45)23-21-46)51-42(61)35(18-19-39(57)58)49-43(62)36(25-29-10-16-32(54)17-11-29)50-41(60)34(4-3-5-38(55)56)48-40(59)33(47)24-27-8-14-31(53)15-9-27/h6-17,33-37,53-54H,2-5,18-26,47H2,1H3,(H,48,59)(H,49,62)(H,50,60)(H,51,61)(H,55,56)(H,57,58)/t33-,34-,35+,36-,37-/m1/s1. The number of carboxylic acids is 2. The molecule has 5 atom stereocenters. The Kier molecular flexibility index (Phi) is 22.2. The lowest BCUT2D eigenvalue weighted by Crippen LogP contribution is -2.59. The number of carbonyl (C=O) groups excluding carboxylic acids is 5. The minimum atomic E-state index is -1.55. The summed E-state index contributed by atoms with van der Waals surface area (Å²) in [6, 6.07) is 11.9. The molecule has 3 aromatic rings. The normalized spacial score (nSPS) is 13.2. The molecule has 20 heteroatoms. The van der Waals surface area contributed by atoms with E-state index < -0.39 is 84.6 Å². The molecule has 0 fully saturated rings. The van der Waals surface area contributed by atoms with Crippen LogP contribution in [-0.4, -0.2) is 124 Å². The predicted octanol–water partition coefficient (Wildman–Crippen LogP) is 2.36. The Morgan fingerprint density at radius 2 is 1.02 bits per heavy atom. The van der Waals surface area contributed by atoms with E-state index in [1.807, 2.05) is 17.0 Å². The van der Waals surface area contributed by atoms with Crippen LogP contribution in [0, 0.1) is 0 Å². The first-order valence-corrected chi connectivity index (χ1v) is 21.7. The molecule has 18 nitrogen and oxygen atoms in total. The highest BCUT2D eigenvalue weighted by atomic mass is 35.5. The number of esters is 1. The van der Waals surface area contributed by atoms with Gasteiger partial charge in [-0.1, -0.05) is 36.4 Å². The van der Waals surface area contributed by atoms with Gasteiger partial charge in [0.15, 0.2) is 0 Å². The van der Waals surface area contributed by atoms with Crippen LogP contribution in [0.4, 0.5) is 5.69 Å². The van der Waals surface area contributed by atoms with Crippen molar-refractivity contribution in [1.29, 1.82) is 0 Å². The molecule has 4 amide bonds. The quantitative estimate of drug-likeness (QED) is 0.0374. The number of nitrogens with zero attached hydrogens (tertiary/aromatic N) is 1. The minimum absolute atomic E-state index is 0.00418. The number of carboxylic acid groups (broad SMARTS) is 2. The van der Waals surface area contributed by atoms with Gasteiger partial charge in [0.1, 0.15) is 35.7 Å². The first-order chi connectivity index (χ1) is 30.5. The van der Waals surface area contributed by atoms with E-state index in [2.05, 4.69) is 21.3 Å². The molecule has 0 radical (unpaired) electrons. The van der Waals surface area contributed by atoms with Gasteiger partial charge < -0.3 is 57.1 Å². The Morgan fingerprint density at radius 1 is 0.594 bits per heavy atom. The van der Waals surface area contributed by atoms with Crippen molar-refractivity contribution in [2.24, 2.45) is 5.73 Å². The van der Waals surface area contributed by atoms with E-state index in [0.29, 0.717) is 41.5 Å². The van der Waals surface area contributed by atoms with Crippen LogP contribution in [0.1, 0.15) is 55.7 Å². The Hall–Kier alpha value is -6.11. The van der Waals surface area contributed by atoms with Crippen LogP contribution in [0.15, 0.2) is 72.8 Å². The summed E-state index contributed by atoms with van der Waals surface area (Å²) >= 11 is 11.9. The third-order valence-corrected chi connectivity index (χ3v) is 10.2. The number of rotatable bonds is 28. The monoisotopic (exact) mass is 930 g/mol. The molecule has 0 aliphatic heterocycles. The van der Waals surface area contributed by atoms with E-state index in [1.165, 1.54) is 36.4 Å². The van der Waals surface area contributed by atoms with E-state index in [9.17, 15) is 54.0 Å². The number of ether oxygens (including phenoxy) is 1. The number of alkyl halides is 2. The van der Waals surface area contributed by atoms with Gasteiger partial charge in [0.25, 0.3) is 0 Å². The summed E-state index contributed by atoms with van der Waals surface area (Å²) in [7, 11) is 0. The Labute approximate surface area is 380 Å². The van der Waals surface area contributed by atoms with Gasteiger partial charge in [0.05, 0.1) is 12.6 Å². The van der Waals surface area contributed by atoms with E-state index in [0.717, 1.165) is 5.69 Å². The molecule has 0 bridgehead atoms. The molecule has 3 aromatic carbocycles. The molecule has 3 rings (SSSR count). The zero-order valence-corrected chi connectivity index (χ0v) is 36.9. The molecular formula is C44H56Cl2N6O12. The van der Waals surface area contributed by atoms with Crippen LogP contribution >= 0.6 is 23.2 Å². The fourth-order valence-corrected chi connectivity index (χ4v) is 6.91. The average molecular weight is 932 g/mol. The fourth-order valence-electron chi connectivity index (χ4n) is 6.50. The van der Waals surface area contributed by atoms with Crippen LogP contribution in [-0.2, 0) is 57.6 Å². The SMILES string of the molecule is CCOC(=O)[C@@H](Cc1ccc(N(CCCl)CCCl)cc1)NC(=O)[C@H](CCC(=O)O)NC(=O)[C@@H](Cc1ccc(O)cc1)NC(=O)[C@@H](CCCC(=O)O)NC(=O)[C@H](N)Cc1ccc(O)cc1. The number of carbonyl (C=O) groups is 7. The summed E-state index contributed by atoms with van der Waals surface area (Å²) < 4.78 is 5.24. The molecule has 0 aliphatic carbocycles. The summed E-state index contributed by atoms with van der Waals surface area (Å²) in [5.41, 5.74) is 8.66. The van der Waals surface area contributed by atoms with E-state index in [-0.39, 0.29) is 56.6 Å². The van der Waals surface area contributed by atoms with E-state index >= 15 is 0 Å². The molecule has 0 spiro atoms. The van der Waals surface area contributed by atoms with Crippen LogP contribution in [0.3, 0.4) is 0 Å². The Bertz CT molecular complexity index is 2000. The molecule has 64 heavy (non-hydrogen) atoms. The summed E-state index contributed by atoms with van der Waals surface area (Å²) in [5.74, 6) is -6.11. The highest BCUT2D eigenvalue weighted by Crippen LogP contribution is 2.18. The number of aromatic hydroxyl groups is 2. The molecule has 0 saturated heterocycles. The Morgan fingerprint density at radius 3 is 1.52 bits per heavy atom. The molecule has 0 unspecified atom stereocenters. The van der Waals surface area contributed by atoms with Crippen molar-refractivity contribution in [3.8, 4) is 11.5 Å². The maximum atomic E-state index is 14.2. The van der Waals surface area contributed by atoms with Gasteiger partial charge in [-0.2, -0.15) is 0 Å². The number of hydrogen-bond donors (Lipinski definition) is 9. The number of halogens is 2. The van der Waals surface area contributed by atoms with E-state index in [4.69, 9.17) is 33.7 Å². The first kappa shape index (κ1) is 52.2. The van der Waals surface area contributed by atoms with Crippen molar-refractivity contribution in [1.82, 2.24) is 21.3 Å². The number of anilines is 1. The van der Waals surface area contributed by atoms with Gasteiger partial charge in [0, 0.05) is 56.2 Å². The zero-order chi connectivity index (χ0) is 47.2. The Balaban J connectivity index is 1.89. The minimum Gasteiger partial charge on any atom is -0.508 e. The number of nitrogens with one attached hydrogen (secondary N) is 4. The largest absolute Gasteiger partial charge is 0.508 e. The third-order valence-electron chi connectivity index (χ3n) is 9.87. The lowest BCUT2D eigenvalue weighted by molar-refractivity contribution is -0.148. The lowest BCUT2D eigenvalue weighted by Gasteiger charge is -2.27. The molecule has 0 aliphatic rings. The van der Waals surface area contributed by atoms with Gasteiger partial charge in [-0.3, -0.25) is 28.8 Å². The van der Waals surface area contributed by atoms with Crippen LogP contribution in [0.25, 0.3) is 0 Å². The van der Waals surface area contributed by atoms with Crippen molar-refractivity contribution in [3.05, 3.63) is 89.5 Å². The van der Waals surface area contributed by atoms with Crippen LogP contribution < -0.4 is 31.9 Å². The highest BCUT2D eigenvalue weighted by Gasteiger charge is 2.33.